The molecule has 0 radical (unpaired) electrons. The minimum Gasteiger partial charge on any atom is -0.461 e. The molecule has 0 aliphatic heterocycles. The predicted molar refractivity (Wildman–Crippen MR) is 44.1 cm³/mol. The summed E-state index contributed by atoms with van der Waals surface area (Å²) < 4.78 is 4.56. The summed E-state index contributed by atoms with van der Waals surface area (Å²) in [6, 6.07) is 0. The Bertz CT molecular complexity index is 220. The van der Waals surface area contributed by atoms with Crippen LogP contribution >= 0.6 is 0 Å². The Labute approximate surface area is 70.9 Å². The maximum atomic E-state index is 10.8. The van der Waals surface area contributed by atoms with Crippen molar-refractivity contribution in [2.75, 3.05) is 6.61 Å². The molecule has 0 spiro atoms. The molecule has 12 heavy (non-hydrogen) atoms. The SMILES string of the molecule is C=CC(=O)NC(=C)C(=O)OCC. The second-order valence-electron chi connectivity index (χ2n) is 1.89. The number of hydrogen-bond donors (Lipinski definition) is 1. The summed E-state index contributed by atoms with van der Waals surface area (Å²) in [6.07, 6.45) is 1.05. The quantitative estimate of drug-likeness (QED) is 0.488. The Balaban J connectivity index is 3.95. The summed E-state index contributed by atoms with van der Waals surface area (Å²) in [6.45, 7) is 8.44. The van der Waals surface area contributed by atoms with Crippen LogP contribution in [0.3, 0.4) is 0 Å². The largest absolute Gasteiger partial charge is 0.461 e. The molecule has 0 aromatic rings. The van der Waals surface area contributed by atoms with E-state index in [1.165, 1.54) is 0 Å². The molecule has 0 saturated carbocycles. The average Bonchev–Trinajstić information content (AvgIpc) is 2.04. The van der Waals surface area contributed by atoms with Gasteiger partial charge in [-0.15, -0.1) is 0 Å². The molecule has 66 valence electrons. The lowest BCUT2D eigenvalue weighted by Gasteiger charge is -2.04. The fourth-order valence-electron chi connectivity index (χ4n) is 0.469. The normalized spacial score (nSPS) is 8.42. The molecule has 0 saturated heterocycles. The molecule has 0 aliphatic rings. The van der Waals surface area contributed by atoms with Crippen molar-refractivity contribution in [1.82, 2.24) is 5.32 Å². The van der Waals surface area contributed by atoms with Crippen molar-refractivity contribution < 1.29 is 14.3 Å². The summed E-state index contributed by atoms with van der Waals surface area (Å²) >= 11 is 0. The first kappa shape index (κ1) is 10.4. The zero-order valence-electron chi connectivity index (χ0n) is 6.92. The first-order valence-corrected chi connectivity index (χ1v) is 3.41. The van der Waals surface area contributed by atoms with Gasteiger partial charge in [0.1, 0.15) is 5.70 Å². The van der Waals surface area contributed by atoms with Crippen molar-refractivity contribution in [3.63, 3.8) is 0 Å². The molecular weight excluding hydrogens is 158 g/mol. The number of rotatable bonds is 4. The molecule has 0 heterocycles. The standard InChI is InChI=1S/C8H11NO3/c1-4-7(10)9-6(3)8(11)12-5-2/h4H,1,3,5H2,2H3,(H,9,10). The van der Waals surface area contributed by atoms with Crippen LogP contribution in [0.5, 0.6) is 0 Å². The number of carbonyl (C=O) groups is 2. The van der Waals surface area contributed by atoms with E-state index in [1.54, 1.807) is 6.92 Å². The lowest BCUT2D eigenvalue weighted by Crippen LogP contribution is -2.26. The summed E-state index contributed by atoms with van der Waals surface area (Å²) in [5.41, 5.74) is -0.0817. The van der Waals surface area contributed by atoms with E-state index in [1.807, 2.05) is 0 Å². The summed E-state index contributed by atoms with van der Waals surface area (Å²) in [5.74, 6) is -1.11. The molecule has 0 aliphatic carbocycles. The highest BCUT2D eigenvalue weighted by Gasteiger charge is 2.08. The maximum absolute atomic E-state index is 10.8. The fourth-order valence-corrected chi connectivity index (χ4v) is 0.469. The van der Waals surface area contributed by atoms with Gasteiger partial charge in [0.05, 0.1) is 6.61 Å². The lowest BCUT2D eigenvalue weighted by molar-refractivity contribution is -0.139. The van der Waals surface area contributed by atoms with Crippen molar-refractivity contribution in [3.05, 3.63) is 24.9 Å². The highest BCUT2D eigenvalue weighted by molar-refractivity contribution is 5.96. The van der Waals surface area contributed by atoms with Gasteiger partial charge in [-0.3, -0.25) is 4.79 Å². The Morgan fingerprint density at radius 2 is 2.17 bits per heavy atom. The van der Waals surface area contributed by atoms with Crippen molar-refractivity contribution in [2.45, 2.75) is 6.92 Å². The lowest BCUT2D eigenvalue weighted by atomic mass is 10.4. The molecule has 0 rings (SSSR count). The zero-order valence-corrected chi connectivity index (χ0v) is 6.92. The minimum atomic E-state index is -0.632. The van der Waals surface area contributed by atoms with E-state index in [0.717, 1.165) is 6.08 Å². The van der Waals surface area contributed by atoms with Crippen molar-refractivity contribution in [3.8, 4) is 0 Å². The van der Waals surface area contributed by atoms with Gasteiger partial charge in [-0.05, 0) is 13.0 Å². The Morgan fingerprint density at radius 3 is 2.58 bits per heavy atom. The van der Waals surface area contributed by atoms with E-state index in [0.29, 0.717) is 0 Å². The topological polar surface area (TPSA) is 55.4 Å². The van der Waals surface area contributed by atoms with Crippen LogP contribution in [0.1, 0.15) is 6.92 Å². The Hall–Kier alpha value is -1.58. The van der Waals surface area contributed by atoms with Gasteiger partial charge >= 0.3 is 5.97 Å². The van der Waals surface area contributed by atoms with E-state index in [9.17, 15) is 9.59 Å². The first-order valence-electron chi connectivity index (χ1n) is 3.41. The molecule has 0 unspecified atom stereocenters. The van der Waals surface area contributed by atoms with Crippen LogP contribution in [0, 0.1) is 0 Å². The molecular formula is C8H11NO3. The van der Waals surface area contributed by atoms with Gasteiger partial charge in [-0.2, -0.15) is 0 Å². The molecule has 4 nitrogen and oxygen atoms in total. The van der Waals surface area contributed by atoms with Crippen LogP contribution < -0.4 is 5.32 Å². The second kappa shape index (κ2) is 5.12. The van der Waals surface area contributed by atoms with Gasteiger partial charge in [0.25, 0.3) is 0 Å². The molecule has 0 aromatic heterocycles. The molecule has 1 N–H and O–H groups in total. The third-order valence-electron chi connectivity index (χ3n) is 0.981. The summed E-state index contributed by atoms with van der Waals surface area (Å²) in [7, 11) is 0. The van der Waals surface area contributed by atoms with Gasteiger partial charge in [0, 0.05) is 0 Å². The Morgan fingerprint density at radius 1 is 1.58 bits per heavy atom. The highest BCUT2D eigenvalue weighted by atomic mass is 16.5. The number of hydrogen-bond acceptors (Lipinski definition) is 3. The van der Waals surface area contributed by atoms with E-state index < -0.39 is 11.9 Å². The van der Waals surface area contributed by atoms with Gasteiger partial charge in [-0.1, -0.05) is 13.2 Å². The number of amides is 1. The van der Waals surface area contributed by atoms with Gasteiger partial charge in [0.15, 0.2) is 0 Å². The van der Waals surface area contributed by atoms with Crippen LogP contribution in [0.4, 0.5) is 0 Å². The van der Waals surface area contributed by atoms with Crippen LogP contribution in [0.2, 0.25) is 0 Å². The predicted octanol–water partition coefficient (Wildman–Crippen LogP) is 0.365. The number of nitrogens with one attached hydrogen (secondary N) is 1. The van der Waals surface area contributed by atoms with Gasteiger partial charge in [0.2, 0.25) is 5.91 Å². The fraction of sp³-hybridized carbons (Fsp3) is 0.250. The molecule has 0 bridgehead atoms. The van der Waals surface area contributed by atoms with Gasteiger partial charge < -0.3 is 10.1 Å². The van der Waals surface area contributed by atoms with Crippen LogP contribution in [0.15, 0.2) is 24.9 Å². The molecule has 0 atom stereocenters. The van der Waals surface area contributed by atoms with Crippen molar-refractivity contribution >= 4 is 11.9 Å². The van der Waals surface area contributed by atoms with Crippen LogP contribution in [-0.4, -0.2) is 18.5 Å². The zero-order chi connectivity index (χ0) is 9.56. The monoisotopic (exact) mass is 169 g/mol. The van der Waals surface area contributed by atoms with Gasteiger partial charge in [-0.25, -0.2) is 4.79 Å². The number of esters is 1. The molecule has 0 aromatic carbocycles. The Kier molecular flexibility index (Phi) is 4.45. The van der Waals surface area contributed by atoms with Crippen molar-refractivity contribution in [1.29, 1.82) is 0 Å². The van der Waals surface area contributed by atoms with Crippen LogP contribution in [-0.2, 0) is 14.3 Å². The van der Waals surface area contributed by atoms with E-state index in [4.69, 9.17) is 0 Å². The smallest absolute Gasteiger partial charge is 0.354 e. The minimum absolute atomic E-state index is 0.0817. The van der Waals surface area contributed by atoms with E-state index in [-0.39, 0.29) is 12.3 Å². The second-order valence-corrected chi connectivity index (χ2v) is 1.89. The molecule has 1 amide bonds. The van der Waals surface area contributed by atoms with Crippen LogP contribution in [0.25, 0.3) is 0 Å². The number of ether oxygens (including phenoxy) is 1. The average molecular weight is 169 g/mol. The molecule has 0 fully saturated rings. The third kappa shape index (κ3) is 3.55. The summed E-state index contributed by atoms with van der Waals surface area (Å²) in [4.78, 5) is 21.5. The molecule has 4 heteroatoms. The number of carbonyl (C=O) groups excluding carboxylic acids is 2. The van der Waals surface area contributed by atoms with Crippen molar-refractivity contribution in [2.24, 2.45) is 0 Å². The van der Waals surface area contributed by atoms with E-state index in [2.05, 4.69) is 23.2 Å². The highest BCUT2D eigenvalue weighted by Crippen LogP contribution is 1.89. The maximum Gasteiger partial charge on any atom is 0.354 e. The summed E-state index contributed by atoms with van der Waals surface area (Å²) in [5, 5.41) is 2.19. The first-order chi connectivity index (χ1) is 5.61. The third-order valence-corrected chi connectivity index (χ3v) is 0.981. The van der Waals surface area contributed by atoms with E-state index >= 15 is 0 Å².